The highest BCUT2D eigenvalue weighted by Gasteiger charge is 2.20. The fourth-order valence-electron chi connectivity index (χ4n) is 3.09. The number of amides is 1. The first kappa shape index (κ1) is 21.0. The number of piperidine rings is 1. The second-order valence-corrected chi connectivity index (χ2v) is 8.06. The van der Waals surface area contributed by atoms with Crippen LogP contribution in [0, 0.1) is 12.8 Å². The van der Waals surface area contributed by atoms with Crippen molar-refractivity contribution in [3.05, 3.63) is 33.1 Å². The van der Waals surface area contributed by atoms with E-state index in [-0.39, 0.29) is 23.8 Å². The van der Waals surface area contributed by atoms with Gasteiger partial charge in [-0.15, -0.1) is 0 Å². The van der Waals surface area contributed by atoms with Gasteiger partial charge in [-0.2, -0.15) is 5.10 Å². The molecule has 2 aromatic heterocycles. The molecule has 1 fully saturated rings. The molecule has 3 heterocycles. The molecule has 10 heteroatoms. The van der Waals surface area contributed by atoms with Gasteiger partial charge in [-0.3, -0.25) is 9.59 Å². The van der Waals surface area contributed by atoms with Crippen molar-refractivity contribution in [2.45, 2.75) is 40.2 Å². The Morgan fingerprint density at radius 3 is 2.72 bits per heavy atom. The number of nitrogens with zero attached hydrogens (tertiary/aromatic N) is 4. The Bertz CT molecular complexity index is 946. The van der Waals surface area contributed by atoms with Crippen LogP contribution in [0.15, 0.2) is 16.9 Å². The summed E-state index contributed by atoms with van der Waals surface area (Å²) in [4.78, 5) is 43.1. The molecular formula is C19H25N5O4S. The lowest BCUT2D eigenvalue weighted by atomic mass is 9.99. The third kappa shape index (κ3) is 5.20. The van der Waals surface area contributed by atoms with Gasteiger partial charge in [0, 0.05) is 19.2 Å². The van der Waals surface area contributed by atoms with E-state index in [9.17, 15) is 14.4 Å². The Morgan fingerprint density at radius 1 is 1.31 bits per heavy atom. The molecule has 156 valence electrons. The normalized spacial score (nSPS) is 14.7. The van der Waals surface area contributed by atoms with Crippen molar-refractivity contribution in [2.24, 2.45) is 5.92 Å². The maximum absolute atomic E-state index is 12.4. The predicted molar refractivity (Wildman–Crippen MR) is 111 cm³/mol. The predicted octanol–water partition coefficient (Wildman–Crippen LogP) is 2.06. The largest absolute Gasteiger partial charge is 0.462 e. The summed E-state index contributed by atoms with van der Waals surface area (Å²) in [6.45, 7) is 7.42. The first-order valence-electron chi connectivity index (χ1n) is 9.65. The minimum Gasteiger partial charge on any atom is -0.462 e. The third-order valence-corrected chi connectivity index (χ3v) is 5.81. The van der Waals surface area contributed by atoms with Crippen LogP contribution in [0.3, 0.4) is 0 Å². The Labute approximate surface area is 172 Å². The summed E-state index contributed by atoms with van der Waals surface area (Å²) >= 11 is 1.04. The number of hydrogen-bond acceptors (Lipinski definition) is 8. The molecule has 1 N–H and O–H groups in total. The monoisotopic (exact) mass is 419 g/mol. The van der Waals surface area contributed by atoms with E-state index in [4.69, 9.17) is 4.74 Å². The zero-order chi connectivity index (χ0) is 21.0. The van der Waals surface area contributed by atoms with Crippen LogP contribution in [0.4, 0.5) is 10.9 Å². The van der Waals surface area contributed by atoms with Crippen LogP contribution in [0.25, 0.3) is 0 Å². The molecule has 0 bridgehead atoms. The van der Waals surface area contributed by atoms with E-state index in [1.807, 2.05) is 0 Å². The number of thiazole rings is 1. The van der Waals surface area contributed by atoms with Gasteiger partial charge in [0.2, 0.25) is 5.91 Å². The summed E-state index contributed by atoms with van der Waals surface area (Å²) in [7, 11) is 0. The number of aryl methyl sites for hydroxylation is 1. The molecular weight excluding hydrogens is 394 g/mol. The molecule has 0 aromatic carbocycles. The zero-order valence-corrected chi connectivity index (χ0v) is 17.6. The number of anilines is 2. The van der Waals surface area contributed by atoms with Crippen molar-refractivity contribution >= 4 is 34.2 Å². The van der Waals surface area contributed by atoms with Gasteiger partial charge in [0.05, 0.1) is 12.3 Å². The second-order valence-electron chi connectivity index (χ2n) is 7.06. The van der Waals surface area contributed by atoms with E-state index < -0.39 is 11.9 Å². The first-order valence-corrected chi connectivity index (χ1v) is 10.5. The number of carbonyl (C=O) groups excluding carboxylic acids is 2. The Kier molecular flexibility index (Phi) is 6.63. The molecule has 1 saturated heterocycles. The van der Waals surface area contributed by atoms with Gasteiger partial charge in [0.25, 0.3) is 5.56 Å². The minimum atomic E-state index is -0.468. The maximum Gasteiger partial charge on any atom is 0.350 e. The van der Waals surface area contributed by atoms with Crippen molar-refractivity contribution in [2.75, 3.05) is 29.9 Å². The zero-order valence-electron chi connectivity index (χ0n) is 16.8. The molecule has 0 atom stereocenters. The fraction of sp³-hybridized carbons (Fsp3) is 0.526. The minimum absolute atomic E-state index is 0.232. The van der Waals surface area contributed by atoms with Crippen LogP contribution < -0.4 is 15.8 Å². The number of carbonyl (C=O) groups is 2. The highest BCUT2D eigenvalue weighted by molar-refractivity contribution is 7.17. The van der Waals surface area contributed by atoms with Crippen molar-refractivity contribution in [1.29, 1.82) is 0 Å². The molecule has 0 unspecified atom stereocenters. The van der Waals surface area contributed by atoms with Gasteiger partial charge in [-0.05, 0) is 38.7 Å². The highest BCUT2D eigenvalue weighted by Crippen LogP contribution is 2.23. The lowest BCUT2D eigenvalue weighted by molar-refractivity contribution is -0.117. The average Bonchev–Trinajstić information content (AvgIpc) is 3.04. The van der Waals surface area contributed by atoms with Crippen molar-refractivity contribution in [3.63, 3.8) is 0 Å². The van der Waals surface area contributed by atoms with E-state index in [0.717, 1.165) is 41.9 Å². The quantitative estimate of drug-likeness (QED) is 0.714. The van der Waals surface area contributed by atoms with E-state index >= 15 is 0 Å². The summed E-state index contributed by atoms with van der Waals surface area (Å²) < 4.78 is 6.12. The van der Waals surface area contributed by atoms with E-state index in [0.29, 0.717) is 22.3 Å². The maximum atomic E-state index is 12.4. The van der Waals surface area contributed by atoms with Crippen LogP contribution in [0.2, 0.25) is 0 Å². The van der Waals surface area contributed by atoms with Gasteiger partial charge in [0.15, 0.2) is 5.13 Å². The topological polar surface area (TPSA) is 106 Å². The third-order valence-electron chi connectivity index (χ3n) is 4.76. The SMILES string of the molecule is CCOC(=O)c1sc(NC(=O)Cn2nc(N3CCC(C)CC3)ccc2=O)nc1C. The Morgan fingerprint density at radius 2 is 2.03 bits per heavy atom. The van der Waals surface area contributed by atoms with Crippen LogP contribution in [-0.4, -0.2) is 46.3 Å². The molecule has 1 aliphatic rings. The van der Waals surface area contributed by atoms with Crippen molar-refractivity contribution in [3.8, 4) is 0 Å². The van der Waals surface area contributed by atoms with Crippen molar-refractivity contribution < 1.29 is 14.3 Å². The van der Waals surface area contributed by atoms with Crippen LogP contribution >= 0.6 is 11.3 Å². The lowest BCUT2D eigenvalue weighted by Gasteiger charge is -2.31. The smallest absolute Gasteiger partial charge is 0.350 e. The average molecular weight is 420 g/mol. The second kappa shape index (κ2) is 9.17. The molecule has 3 rings (SSSR count). The molecule has 0 spiro atoms. The fourth-order valence-corrected chi connectivity index (χ4v) is 3.96. The number of ether oxygens (including phenoxy) is 1. The van der Waals surface area contributed by atoms with Gasteiger partial charge in [-0.25, -0.2) is 14.5 Å². The molecule has 9 nitrogen and oxygen atoms in total. The Balaban J connectivity index is 1.68. The summed E-state index contributed by atoms with van der Waals surface area (Å²) in [5, 5.41) is 7.27. The van der Waals surface area contributed by atoms with Crippen molar-refractivity contribution in [1.82, 2.24) is 14.8 Å². The number of nitrogens with one attached hydrogen (secondary N) is 1. The Hall–Kier alpha value is -2.75. The summed E-state index contributed by atoms with van der Waals surface area (Å²) in [6, 6.07) is 3.13. The summed E-state index contributed by atoms with van der Waals surface area (Å²) in [5.41, 5.74) is 0.136. The summed E-state index contributed by atoms with van der Waals surface area (Å²) in [5.74, 6) is 0.473. The van der Waals surface area contributed by atoms with E-state index in [2.05, 4.69) is 27.2 Å². The highest BCUT2D eigenvalue weighted by atomic mass is 32.1. The molecule has 0 saturated carbocycles. The van der Waals surface area contributed by atoms with Gasteiger partial charge >= 0.3 is 5.97 Å². The van der Waals surface area contributed by atoms with Crippen LogP contribution in [-0.2, 0) is 16.1 Å². The van der Waals surface area contributed by atoms with E-state index in [1.54, 1.807) is 19.9 Å². The first-order chi connectivity index (χ1) is 13.9. The molecule has 0 radical (unpaired) electrons. The number of esters is 1. The molecule has 1 aliphatic heterocycles. The molecule has 2 aromatic rings. The lowest BCUT2D eigenvalue weighted by Crippen LogP contribution is -2.36. The number of hydrogen-bond donors (Lipinski definition) is 1. The van der Waals surface area contributed by atoms with E-state index in [1.165, 1.54) is 6.07 Å². The van der Waals surface area contributed by atoms with Gasteiger partial charge in [0.1, 0.15) is 17.2 Å². The van der Waals surface area contributed by atoms with Gasteiger partial charge in [-0.1, -0.05) is 18.3 Å². The molecule has 29 heavy (non-hydrogen) atoms. The molecule has 0 aliphatic carbocycles. The number of rotatable bonds is 6. The van der Waals surface area contributed by atoms with Crippen LogP contribution in [0.5, 0.6) is 0 Å². The standard InChI is InChI=1S/C19H25N5O4S/c1-4-28-18(27)17-13(3)20-19(29-17)21-15(25)11-24-16(26)6-5-14(22-24)23-9-7-12(2)8-10-23/h5-6,12H,4,7-11H2,1-3H3,(H,20,21,25). The summed E-state index contributed by atoms with van der Waals surface area (Å²) in [6.07, 6.45) is 2.15. The molecule has 1 amide bonds. The number of aromatic nitrogens is 3. The van der Waals surface area contributed by atoms with Gasteiger partial charge < -0.3 is 15.0 Å². The van der Waals surface area contributed by atoms with Crippen LogP contribution in [0.1, 0.15) is 42.1 Å².